The molecule has 2 fully saturated rings. The minimum absolute atomic E-state index is 0.244. The maximum Gasteiger partial charge on any atom is 0.219 e. The van der Waals surface area contributed by atoms with Gasteiger partial charge in [0.15, 0.2) is 0 Å². The average Bonchev–Trinajstić information content (AvgIpc) is 2.15. The van der Waals surface area contributed by atoms with E-state index in [9.17, 15) is 4.79 Å². The van der Waals surface area contributed by atoms with E-state index >= 15 is 0 Å². The van der Waals surface area contributed by atoms with Crippen molar-refractivity contribution in [3.63, 3.8) is 0 Å². The molecule has 1 amide bonds. The predicted molar refractivity (Wildman–Crippen MR) is 65.2 cm³/mol. The molecule has 92 valence electrons. The summed E-state index contributed by atoms with van der Waals surface area (Å²) in [6.45, 7) is 12.0. The highest BCUT2D eigenvalue weighted by atomic mass is 16.2. The van der Waals surface area contributed by atoms with Crippen LogP contribution in [0.25, 0.3) is 0 Å². The summed E-state index contributed by atoms with van der Waals surface area (Å²) >= 11 is 0. The Balaban J connectivity index is 1.76. The molecule has 0 saturated carbocycles. The lowest BCUT2D eigenvalue weighted by Gasteiger charge is -2.54. The van der Waals surface area contributed by atoms with E-state index in [2.05, 4.69) is 18.7 Å². The highest BCUT2D eigenvalue weighted by molar-refractivity contribution is 5.73. The van der Waals surface area contributed by atoms with Crippen LogP contribution in [-0.2, 0) is 4.79 Å². The number of carbonyl (C=O) groups is 1. The molecular weight excluding hydrogens is 200 g/mol. The number of likely N-dealkylation sites (tertiary alicyclic amines) is 2. The monoisotopic (exact) mass is 224 g/mol. The lowest BCUT2D eigenvalue weighted by atomic mass is 9.71. The summed E-state index contributed by atoms with van der Waals surface area (Å²) in [5, 5.41) is 0. The second kappa shape index (κ2) is 4.36. The molecule has 16 heavy (non-hydrogen) atoms. The van der Waals surface area contributed by atoms with Gasteiger partial charge in [-0.3, -0.25) is 4.79 Å². The van der Waals surface area contributed by atoms with Crippen molar-refractivity contribution in [3.8, 4) is 0 Å². The van der Waals surface area contributed by atoms with E-state index < -0.39 is 0 Å². The van der Waals surface area contributed by atoms with E-state index in [-0.39, 0.29) is 5.91 Å². The van der Waals surface area contributed by atoms with Gasteiger partial charge in [-0.2, -0.15) is 0 Å². The Morgan fingerprint density at radius 2 is 1.81 bits per heavy atom. The number of hydrogen-bond donors (Lipinski definition) is 0. The Morgan fingerprint density at radius 3 is 2.25 bits per heavy atom. The maximum atomic E-state index is 11.2. The summed E-state index contributed by atoms with van der Waals surface area (Å²) in [4.78, 5) is 15.8. The summed E-state index contributed by atoms with van der Waals surface area (Å²) in [6.07, 6.45) is 2.42. The van der Waals surface area contributed by atoms with Gasteiger partial charge in [0, 0.05) is 39.6 Å². The summed E-state index contributed by atoms with van der Waals surface area (Å²) < 4.78 is 0. The highest BCUT2D eigenvalue weighted by Gasteiger charge is 2.44. The van der Waals surface area contributed by atoms with Crippen LogP contribution in [0.2, 0.25) is 0 Å². The molecular formula is C13H24N2O. The first-order valence-corrected chi connectivity index (χ1v) is 6.49. The van der Waals surface area contributed by atoms with Crippen molar-refractivity contribution in [2.75, 3.05) is 32.7 Å². The molecule has 3 nitrogen and oxygen atoms in total. The lowest BCUT2D eigenvalue weighted by Crippen LogP contribution is -2.61. The molecule has 0 N–H and O–H groups in total. The molecule has 2 rings (SSSR count). The van der Waals surface area contributed by atoms with Gasteiger partial charge in [0.25, 0.3) is 0 Å². The third-order valence-electron chi connectivity index (χ3n) is 4.01. The Hall–Kier alpha value is -0.570. The van der Waals surface area contributed by atoms with Gasteiger partial charge < -0.3 is 9.80 Å². The van der Waals surface area contributed by atoms with Crippen LogP contribution >= 0.6 is 0 Å². The number of rotatable bonds is 2. The standard InChI is InChI=1S/C13H24N2O/c1-11(2)8-14-9-13(10-14)4-6-15(7-5-13)12(3)16/h11H,4-10H2,1-3H3. The first-order chi connectivity index (χ1) is 7.51. The molecule has 0 aliphatic carbocycles. The SMILES string of the molecule is CC(=O)N1CCC2(CC1)CN(CC(C)C)C2. The van der Waals surface area contributed by atoms with Crippen molar-refractivity contribution >= 4 is 5.91 Å². The fourth-order valence-electron chi connectivity index (χ4n) is 3.16. The summed E-state index contributed by atoms with van der Waals surface area (Å²) in [5.74, 6) is 1.02. The Bertz CT molecular complexity index is 259. The average molecular weight is 224 g/mol. The normalized spacial score (nSPS) is 24.9. The van der Waals surface area contributed by atoms with Gasteiger partial charge in [-0.15, -0.1) is 0 Å². The number of nitrogens with zero attached hydrogens (tertiary/aromatic N) is 2. The van der Waals surface area contributed by atoms with E-state index in [1.165, 1.54) is 32.5 Å². The molecule has 0 radical (unpaired) electrons. The molecule has 3 heteroatoms. The second-order valence-corrected chi connectivity index (χ2v) is 6.07. The minimum atomic E-state index is 0.244. The number of carbonyl (C=O) groups excluding carboxylic acids is 1. The smallest absolute Gasteiger partial charge is 0.219 e. The van der Waals surface area contributed by atoms with Gasteiger partial charge in [-0.05, 0) is 24.2 Å². The number of piperidine rings is 1. The van der Waals surface area contributed by atoms with Crippen LogP contribution in [0.3, 0.4) is 0 Å². The van der Waals surface area contributed by atoms with Gasteiger partial charge in [0.05, 0.1) is 0 Å². The van der Waals surface area contributed by atoms with E-state index in [0.717, 1.165) is 19.0 Å². The molecule has 2 heterocycles. The van der Waals surface area contributed by atoms with Crippen LogP contribution in [-0.4, -0.2) is 48.4 Å². The van der Waals surface area contributed by atoms with E-state index in [1.807, 2.05) is 4.90 Å². The van der Waals surface area contributed by atoms with Crippen LogP contribution < -0.4 is 0 Å². The second-order valence-electron chi connectivity index (χ2n) is 6.07. The highest BCUT2D eigenvalue weighted by Crippen LogP contribution is 2.40. The van der Waals surface area contributed by atoms with E-state index in [1.54, 1.807) is 6.92 Å². The van der Waals surface area contributed by atoms with Crippen molar-refractivity contribution in [3.05, 3.63) is 0 Å². The Morgan fingerprint density at radius 1 is 1.25 bits per heavy atom. The van der Waals surface area contributed by atoms with Crippen molar-refractivity contribution < 1.29 is 4.79 Å². The summed E-state index contributed by atoms with van der Waals surface area (Å²) in [5.41, 5.74) is 0.556. The molecule has 0 aromatic carbocycles. The third kappa shape index (κ3) is 2.40. The van der Waals surface area contributed by atoms with E-state index in [0.29, 0.717) is 5.41 Å². The van der Waals surface area contributed by atoms with Gasteiger partial charge in [0.1, 0.15) is 0 Å². The van der Waals surface area contributed by atoms with Crippen LogP contribution in [0.15, 0.2) is 0 Å². The molecule has 0 unspecified atom stereocenters. The summed E-state index contributed by atoms with van der Waals surface area (Å²) in [7, 11) is 0. The molecule has 0 aromatic heterocycles. The molecule has 2 aliphatic heterocycles. The van der Waals surface area contributed by atoms with Crippen molar-refractivity contribution in [1.82, 2.24) is 9.80 Å². The predicted octanol–water partition coefficient (Wildman–Crippen LogP) is 1.59. The molecule has 2 saturated heterocycles. The topological polar surface area (TPSA) is 23.6 Å². The largest absolute Gasteiger partial charge is 0.343 e. The molecule has 1 spiro atoms. The van der Waals surface area contributed by atoms with Gasteiger partial charge >= 0.3 is 0 Å². The maximum absolute atomic E-state index is 11.2. The van der Waals surface area contributed by atoms with E-state index in [4.69, 9.17) is 0 Å². The van der Waals surface area contributed by atoms with Crippen molar-refractivity contribution in [2.24, 2.45) is 11.3 Å². The minimum Gasteiger partial charge on any atom is -0.343 e. The van der Waals surface area contributed by atoms with Gasteiger partial charge in [-0.1, -0.05) is 13.8 Å². The Kier molecular flexibility index (Phi) is 3.24. The molecule has 0 aromatic rings. The Labute approximate surface area is 98.8 Å². The molecule has 0 bridgehead atoms. The summed E-state index contributed by atoms with van der Waals surface area (Å²) in [6, 6.07) is 0. The quantitative estimate of drug-likeness (QED) is 0.711. The third-order valence-corrected chi connectivity index (χ3v) is 4.01. The fraction of sp³-hybridized carbons (Fsp3) is 0.923. The first-order valence-electron chi connectivity index (χ1n) is 6.49. The molecule has 2 aliphatic rings. The lowest BCUT2D eigenvalue weighted by molar-refractivity contribution is -0.134. The number of hydrogen-bond acceptors (Lipinski definition) is 2. The number of amides is 1. The molecule has 0 atom stereocenters. The first kappa shape index (κ1) is 11.9. The van der Waals surface area contributed by atoms with Crippen LogP contribution in [0, 0.1) is 11.3 Å². The van der Waals surface area contributed by atoms with Crippen molar-refractivity contribution in [1.29, 1.82) is 0 Å². The van der Waals surface area contributed by atoms with Crippen LogP contribution in [0.5, 0.6) is 0 Å². The van der Waals surface area contributed by atoms with Crippen molar-refractivity contribution in [2.45, 2.75) is 33.6 Å². The van der Waals surface area contributed by atoms with Crippen LogP contribution in [0.1, 0.15) is 33.6 Å². The zero-order valence-corrected chi connectivity index (χ0v) is 10.8. The fourth-order valence-corrected chi connectivity index (χ4v) is 3.16. The van der Waals surface area contributed by atoms with Gasteiger partial charge in [0.2, 0.25) is 5.91 Å². The van der Waals surface area contributed by atoms with Crippen LogP contribution in [0.4, 0.5) is 0 Å². The zero-order valence-electron chi connectivity index (χ0n) is 10.8. The van der Waals surface area contributed by atoms with Gasteiger partial charge in [-0.25, -0.2) is 0 Å². The zero-order chi connectivity index (χ0) is 11.8.